The van der Waals surface area contributed by atoms with Crippen molar-refractivity contribution < 1.29 is 32.0 Å². The van der Waals surface area contributed by atoms with Crippen molar-refractivity contribution in [1.82, 2.24) is 0 Å². The van der Waals surface area contributed by atoms with Gasteiger partial charge in [-0.15, -0.1) is 0 Å². The van der Waals surface area contributed by atoms with E-state index in [2.05, 4.69) is 44.7 Å². The summed E-state index contributed by atoms with van der Waals surface area (Å²) < 4.78 is 5.97. The van der Waals surface area contributed by atoms with Crippen LogP contribution < -0.4 is 4.74 Å². The summed E-state index contributed by atoms with van der Waals surface area (Å²) in [5.41, 5.74) is 5.44. The number of benzene rings is 3. The van der Waals surface area contributed by atoms with E-state index < -0.39 is 0 Å². The number of hydrogen-bond acceptors (Lipinski definition) is 3. The second-order valence-electron chi connectivity index (χ2n) is 9.03. The molecule has 2 saturated carbocycles. The molecule has 0 aliphatic heterocycles. The van der Waals surface area contributed by atoms with Gasteiger partial charge in [0.25, 0.3) is 0 Å². The molecule has 10 radical (unpaired) electrons. The molecule has 0 heterocycles. The summed E-state index contributed by atoms with van der Waals surface area (Å²) in [4.78, 5) is 0. The zero-order valence-corrected chi connectivity index (χ0v) is 23.2. The topological polar surface area (TPSA) is 49.7 Å². The van der Waals surface area contributed by atoms with Crippen LogP contribution >= 0.6 is 0 Å². The van der Waals surface area contributed by atoms with Gasteiger partial charge in [-0.25, -0.2) is 0 Å². The molecule has 3 nitrogen and oxygen atoms in total. The monoisotopic (exact) mass is 558 g/mol. The summed E-state index contributed by atoms with van der Waals surface area (Å²) in [5, 5.41) is 19.5. The molecule has 0 aromatic heterocycles. The van der Waals surface area contributed by atoms with Gasteiger partial charge in [-0.05, 0) is 147 Å². The third-order valence-electron chi connectivity index (χ3n) is 6.34. The van der Waals surface area contributed by atoms with Crippen LogP contribution in [0.2, 0.25) is 0 Å². The molecule has 3 aromatic rings. The van der Waals surface area contributed by atoms with E-state index in [0.29, 0.717) is 6.61 Å². The molecular formula is C35H34FeO3+2. The largest absolute Gasteiger partial charge is 2.00 e. The first-order valence-corrected chi connectivity index (χ1v) is 13.1. The second kappa shape index (κ2) is 16.4. The number of aromatic hydroxyl groups is 2. The molecule has 0 saturated heterocycles. The third-order valence-corrected chi connectivity index (χ3v) is 6.34. The van der Waals surface area contributed by atoms with Gasteiger partial charge in [0.05, 0.1) is 6.61 Å². The van der Waals surface area contributed by atoms with E-state index in [1.807, 2.05) is 68.5 Å². The molecule has 2 aliphatic carbocycles. The zero-order valence-electron chi connectivity index (χ0n) is 22.1. The predicted molar refractivity (Wildman–Crippen MR) is 156 cm³/mol. The summed E-state index contributed by atoms with van der Waals surface area (Å²) >= 11 is 0. The molecule has 0 spiro atoms. The van der Waals surface area contributed by atoms with Gasteiger partial charge in [0.1, 0.15) is 17.2 Å². The van der Waals surface area contributed by atoms with Gasteiger partial charge in [-0.1, -0.05) is 43.3 Å². The Hall–Kier alpha value is -2.68. The first-order valence-electron chi connectivity index (χ1n) is 13.1. The Morgan fingerprint density at radius 3 is 1.56 bits per heavy atom. The van der Waals surface area contributed by atoms with E-state index in [0.717, 1.165) is 47.3 Å². The summed E-state index contributed by atoms with van der Waals surface area (Å²) in [6.45, 7) is 2.81. The Labute approximate surface area is 245 Å². The third kappa shape index (κ3) is 9.48. The van der Waals surface area contributed by atoms with Crippen LogP contribution in [0.25, 0.3) is 11.1 Å². The maximum Gasteiger partial charge on any atom is 2.00 e. The molecule has 39 heavy (non-hydrogen) atoms. The molecule has 2 aliphatic rings. The van der Waals surface area contributed by atoms with Gasteiger partial charge in [-0.3, -0.25) is 0 Å². The van der Waals surface area contributed by atoms with Crippen LogP contribution in [0.3, 0.4) is 0 Å². The van der Waals surface area contributed by atoms with Gasteiger partial charge in [0.2, 0.25) is 0 Å². The standard InChI is InChI=1S/C30H29O3.C5H5.Fe/c1-2-29(23-9-15-26(31)16-10-23)30(24-11-17-27(32)18-12-24)25-13-19-28(20-14-25)33-21-5-8-22-6-3-4-7-22;1-2-4-5-3-1;/h3-4,6-7,9-20,31-32H,2,5,8,21H2,1H3;1-5H;/q;;+2/b30-29-;;. The Bertz CT molecular complexity index is 1120. The Morgan fingerprint density at radius 2 is 1.08 bits per heavy atom. The van der Waals surface area contributed by atoms with Crippen molar-refractivity contribution in [2.45, 2.75) is 26.2 Å². The summed E-state index contributed by atoms with van der Waals surface area (Å²) in [6.07, 6.45) is 21.2. The zero-order chi connectivity index (χ0) is 26.6. The number of ether oxygens (including phenoxy) is 1. The number of rotatable bonds is 9. The summed E-state index contributed by atoms with van der Waals surface area (Å²) in [5.74, 6) is 2.69. The van der Waals surface area contributed by atoms with Gasteiger partial charge < -0.3 is 14.9 Å². The SMILES string of the molecule is CC/C(=C(\c1ccc(O)cc1)c1ccc(OCCC[C]2[CH][CH][CH][CH]2)cc1)c1ccc(O)cc1.[CH]1[CH][CH][CH][CH]1.[Fe+2]. The van der Waals surface area contributed by atoms with Crippen LogP contribution in [0.5, 0.6) is 17.2 Å². The molecule has 3 aromatic carbocycles. The minimum absolute atomic E-state index is 0. The van der Waals surface area contributed by atoms with Gasteiger partial charge in [0.15, 0.2) is 0 Å². The van der Waals surface area contributed by atoms with Crippen molar-refractivity contribution in [1.29, 1.82) is 0 Å². The molecule has 2 fully saturated rings. The Morgan fingerprint density at radius 1 is 0.615 bits per heavy atom. The fourth-order valence-electron chi connectivity index (χ4n) is 4.42. The van der Waals surface area contributed by atoms with Crippen molar-refractivity contribution in [2.75, 3.05) is 6.61 Å². The molecule has 0 amide bonds. The van der Waals surface area contributed by atoms with Crippen LogP contribution in [-0.2, 0) is 17.1 Å². The average molecular weight is 558 g/mol. The van der Waals surface area contributed by atoms with E-state index >= 15 is 0 Å². The Balaban J connectivity index is 0.000000630. The molecule has 0 atom stereocenters. The van der Waals surface area contributed by atoms with Crippen molar-refractivity contribution in [3.05, 3.63) is 153 Å². The molecule has 4 heteroatoms. The minimum Gasteiger partial charge on any atom is -0.508 e. The minimum atomic E-state index is 0. The number of hydrogen-bond donors (Lipinski definition) is 2. The van der Waals surface area contributed by atoms with Crippen LogP contribution in [0.4, 0.5) is 0 Å². The van der Waals surface area contributed by atoms with Crippen molar-refractivity contribution in [3.63, 3.8) is 0 Å². The summed E-state index contributed by atoms with van der Waals surface area (Å²) in [6, 6.07) is 22.8. The van der Waals surface area contributed by atoms with E-state index in [4.69, 9.17) is 4.74 Å². The molecule has 0 unspecified atom stereocenters. The van der Waals surface area contributed by atoms with Gasteiger partial charge >= 0.3 is 17.1 Å². The van der Waals surface area contributed by atoms with Crippen molar-refractivity contribution in [3.8, 4) is 17.2 Å². The maximum atomic E-state index is 9.79. The fraction of sp³-hybridized carbons (Fsp3) is 0.143. The molecule has 0 bridgehead atoms. The van der Waals surface area contributed by atoms with E-state index in [1.54, 1.807) is 24.3 Å². The van der Waals surface area contributed by atoms with Gasteiger partial charge in [0, 0.05) is 0 Å². The number of allylic oxidation sites excluding steroid dienone is 1. The fourth-order valence-corrected chi connectivity index (χ4v) is 4.42. The van der Waals surface area contributed by atoms with E-state index in [1.165, 1.54) is 11.5 Å². The summed E-state index contributed by atoms with van der Waals surface area (Å²) in [7, 11) is 0. The quantitative estimate of drug-likeness (QED) is 0.159. The van der Waals surface area contributed by atoms with E-state index in [-0.39, 0.29) is 28.6 Å². The van der Waals surface area contributed by atoms with Crippen LogP contribution in [0, 0.1) is 63.7 Å². The van der Waals surface area contributed by atoms with Crippen LogP contribution in [-0.4, -0.2) is 16.8 Å². The Kier molecular flexibility index (Phi) is 13.0. The first-order chi connectivity index (χ1) is 18.6. The van der Waals surface area contributed by atoms with Crippen molar-refractivity contribution in [2.24, 2.45) is 0 Å². The second-order valence-corrected chi connectivity index (χ2v) is 9.03. The normalized spacial score (nSPS) is 15.6. The van der Waals surface area contributed by atoms with E-state index in [9.17, 15) is 10.2 Å². The molecular weight excluding hydrogens is 524 g/mol. The molecule has 2 N–H and O–H groups in total. The van der Waals surface area contributed by atoms with Crippen LogP contribution in [0.15, 0.2) is 72.8 Å². The number of phenols is 2. The van der Waals surface area contributed by atoms with Crippen LogP contribution in [0.1, 0.15) is 42.9 Å². The molecule has 198 valence electrons. The smallest absolute Gasteiger partial charge is 0.508 e. The number of phenolic OH excluding ortho intramolecular Hbond substituents is 2. The average Bonchev–Trinajstić information content (AvgIpc) is 3.69. The molecule has 5 rings (SSSR count). The van der Waals surface area contributed by atoms with Crippen molar-refractivity contribution >= 4 is 11.1 Å². The predicted octanol–water partition coefficient (Wildman–Crippen LogP) is 8.05. The maximum absolute atomic E-state index is 9.79. The first kappa shape index (κ1) is 30.9. The van der Waals surface area contributed by atoms with Gasteiger partial charge in [-0.2, -0.15) is 0 Å².